The zero-order valence-corrected chi connectivity index (χ0v) is 12.5. The molecule has 1 saturated carbocycles. The van der Waals surface area contributed by atoms with Gasteiger partial charge in [0.25, 0.3) is 10.2 Å². The average molecular weight is 290 g/mol. The summed E-state index contributed by atoms with van der Waals surface area (Å²) in [6.45, 7) is 3.36. The SMILES string of the molecule is CC1CCCCC1NS(=O)(=O)N1CCC(CO)CC1. The van der Waals surface area contributed by atoms with Crippen LogP contribution in [0, 0.1) is 11.8 Å². The van der Waals surface area contributed by atoms with E-state index < -0.39 is 10.2 Å². The molecule has 2 atom stereocenters. The van der Waals surface area contributed by atoms with Crippen LogP contribution >= 0.6 is 0 Å². The zero-order valence-electron chi connectivity index (χ0n) is 11.7. The number of aliphatic hydroxyl groups is 1. The highest BCUT2D eigenvalue weighted by molar-refractivity contribution is 7.87. The van der Waals surface area contributed by atoms with E-state index in [4.69, 9.17) is 5.11 Å². The molecular weight excluding hydrogens is 264 g/mol. The minimum Gasteiger partial charge on any atom is -0.396 e. The molecular formula is C13H26N2O3S. The second-order valence-corrected chi connectivity index (χ2v) is 7.72. The molecule has 1 aliphatic carbocycles. The number of nitrogens with zero attached hydrogens (tertiary/aromatic N) is 1. The van der Waals surface area contributed by atoms with E-state index in [9.17, 15) is 8.42 Å². The van der Waals surface area contributed by atoms with Crippen LogP contribution in [0.3, 0.4) is 0 Å². The minimum absolute atomic E-state index is 0.0920. The molecule has 2 fully saturated rings. The molecule has 1 saturated heterocycles. The van der Waals surface area contributed by atoms with Crippen molar-refractivity contribution in [2.24, 2.45) is 11.8 Å². The van der Waals surface area contributed by atoms with E-state index in [-0.39, 0.29) is 18.6 Å². The molecule has 0 aromatic rings. The van der Waals surface area contributed by atoms with Crippen molar-refractivity contribution < 1.29 is 13.5 Å². The number of hydrogen-bond acceptors (Lipinski definition) is 3. The van der Waals surface area contributed by atoms with Crippen LogP contribution in [0.5, 0.6) is 0 Å². The van der Waals surface area contributed by atoms with Gasteiger partial charge in [0.2, 0.25) is 0 Å². The van der Waals surface area contributed by atoms with Gasteiger partial charge < -0.3 is 5.11 Å². The Labute approximate surface area is 116 Å². The zero-order chi connectivity index (χ0) is 13.9. The van der Waals surface area contributed by atoms with Gasteiger partial charge in [0.15, 0.2) is 0 Å². The topological polar surface area (TPSA) is 69.6 Å². The number of aliphatic hydroxyl groups excluding tert-OH is 1. The van der Waals surface area contributed by atoms with E-state index in [1.807, 2.05) is 0 Å². The van der Waals surface area contributed by atoms with Crippen molar-refractivity contribution in [3.63, 3.8) is 0 Å². The molecule has 1 aliphatic heterocycles. The van der Waals surface area contributed by atoms with E-state index in [0.29, 0.717) is 19.0 Å². The maximum atomic E-state index is 12.3. The van der Waals surface area contributed by atoms with Gasteiger partial charge in [-0.15, -0.1) is 0 Å². The van der Waals surface area contributed by atoms with Gasteiger partial charge >= 0.3 is 0 Å². The molecule has 0 aromatic heterocycles. The van der Waals surface area contributed by atoms with Gasteiger partial charge in [-0.1, -0.05) is 19.8 Å². The summed E-state index contributed by atoms with van der Waals surface area (Å²) in [5.74, 6) is 0.693. The van der Waals surface area contributed by atoms with Crippen LogP contribution in [-0.4, -0.2) is 43.6 Å². The number of piperidine rings is 1. The summed E-state index contributed by atoms with van der Waals surface area (Å²) in [5.41, 5.74) is 0. The Bertz CT molecular complexity index is 377. The van der Waals surface area contributed by atoms with Gasteiger partial charge in [0.05, 0.1) is 0 Å². The predicted octanol–water partition coefficient (Wildman–Crippen LogP) is 1.10. The smallest absolute Gasteiger partial charge is 0.279 e. The highest BCUT2D eigenvalue weighted by atomic mass is 32.2. The summed E-state index contributed by atoms with van der Waals surface area (Å²) in [6.07, 6.45) is 5.91. The van der Waals surface area contributed by atoms with E-state index in [1.165, 1.54) is 6.42 Å². The van der Waals surface area contributed by atoms with Crippen molar-refractivity contribution in [2.75, 3.05) is 19.7 Å². The fourth-order valence-corrected chi connectivity index (χ4v) is 4.66. The molecule has 0 amide bonds. The molecule has 2 rings (SSSR count). The largest absolute Gasteiger partial charge is 0.396 e. The second-order valence-electron chi connectivity index (χ2n) is 6.02. The van der Waals surface area contributed by atoms with Crippen LogP contribution in [-0.2, 0) is 10.2 Å². The van der Waals surface area contributed by atoms with Crippen LogP contribution < -0.4 is 4.72 Å². The third-order valence-corrected chi connectivity index (χ3v) is 6.23. The number of nitrogens with one attached hydrogen (secondary N) is 1. The molecule has 2 unspecified atom stereocenters. The normalized spacial score (nSPS) is 31.5. The molecule has 6 heteroatoms. The van der Waals surface area contributed by atoms with E-state index >= 15 is 0 Å². The fraction of sp³-hybridized carbons (Fsp3) is 1.00. The lowest BCUT2D eigenvalue weighted by Crippen LogP contribution is -2.50. The van der Waals surface area contributed by atoms with E-state index in [1.54, 1.807) is 4.31 Å². The lowest BCUT2D eigenvalue weighted by atomic mass is 9.87. The molecule has 0 spiro atoms. The fourth-order valence-electron chi connectivity index (χ4n) is 3.09. The summed E-state index contributed by atoms with van der Waals surface area (Å²) < 4.78 is 29.1. The van der Waals surface area contributed by atoms with Crippen molar-refractivity contribution in [3.8, 4) is 0 Å². The molecule has 112 valence electrons. The highest BCUT2D eigenvalue weighted by Crippen LogP contribution is 2.25. The summed E-state index contributed by atoms with van der Waals surface area (Å²) >= 11 is 0. The Hall–Kier alpha value is -0.170. The number of rotatable bonds is 4. The number of hydrogen-bond donors (Lipinski definition) is 2. The van der Waals surface area contributed by atoms with Crippen molar-refractivity contribution >= 4 is 10.2 Å². The first-order valence-corrected chi connectivity index (χ1v) is 8.85. The van der Waals surface area contributed by atoms with Crippen LogP contribution in [0.1, 0.15) is 45.4 Å². The third-order valence-electron chi connectivity index (χ3n) is 4.58. The van der Waals surface area contributed by atoms with Crippen LogP contribution in [0.2, 0.25) is 0 Å². The van der Waals surface area contributed by atoms with Gasteiger partial charge in [-0.25, -0.2) is 0 Å². The van der Waals surface area contributed by atoms with Crippen LogP contribution in [0.25, 0.3) is 0 Å². The van der Waals surface area contributed by atoms with Gasteiger partial charge in [0.1, 0.15) is 0 Å². The maximum Gasteiger partial charge on any atom is 0.279 e. The van der Waals surface area contributed by atoms with Crippen molar-refractivity contribution in [1.82, 2.24) is 9.03 Å². The summed E-state index contributed by atoms with van der Waals surface area (Å²) in [4.78, 5) is 0. The molecule has 2 aliphatic rings. The van der Waals surface area contributed by atoms with Crippen molar-refractivity contribution in [1.29, 1.82) is 0 Å². The monoisotopic (exact) mass is 290 g/mol. The van der Waals surface area contributed by atoms with Gasteiger partial charge in [-0.2, -0.15) is 17.4 Å². The summed E-state index contributed by atoms with van der Waals surface area (Å²) in [6, 6.07) is 0.0920. The standard InChI is InChI=1S/C13H26N2O3S/c1-11-4-2-3-5-13(11)14-19(17,18)15-8-6-12(10-16)7-9-15/h11-14,16H,2-10H2,1H3. The Kier molecular flexibility index (Phi) is 5.22. The Morgan fingerprint density at radius 3 is 2.37 bits per heavy atom. The summed E-state index contributed by atoms with van der Waals surface area (Å²) in [7, 11) is -3.35. The van der Waals surface area contributed by atoms with Gasteiger partial charge in [0, 0.05) is 25.7 Å². The van der Waals surface area contributed by atoms with Gasteiger partial charge in [-0.05, 0) is 37.5 Å². The highest BCUT2D eigenvalue weighted by Gasteiger charge is 2.31. The van der Waals surface area contributed by atoms with E-state index in [0.717, 1.165) is 32.1 Å². The first kappa shape index (κ1) is 15.2. The molecule has 0 radical (unpaired) electrons. The van der Waals surface area contributed by atoms with Crippen LogP contribution in [0.15, 0.2) is 0 Å². The first-order valence-electron chi connectivity index (χ1n) is 7.41. The maximum absolute atomic E-state index is 12.3. The third kappa shape index (κ3) is 3.90. The van der Waals surface area contributed by atoms with Gasteiger partial charge in [-0.3, -0.25) is 0 Å². The first-order chi connectivity index (χ1) is 9.03. The van der Waals surface area contributed by atoms with Crippen molar-refractivity contribution in [3.05, 3.63) is 0 Å². The van der Waals surface area contributed by atoms with E-state index in [2.05, 4.69) is 11.6 Å². The van der Waals surface area contributed by atoms with Crippen LogP contribution in [0.4, 0.5) is 0 Å². The molecule has 19 heavy (non-hydrogen) atoms. The Morgan fingerprint density at radius 2 is 1.79 bits per heavy atom. The average Bonchev–Trinajstić information content (AvgIpc) is 2.41. The second kappa shape index (κ2) is 6.52. The van der Waals surface area contributed by atoms with Crippen molar-refractivity contribution in [2.45, 2.75) is 51.5 Å². The lowest BCUT2D eigenvalue weighted by molar-refractivity contribution is 0.168. The molecule has 1 heterocycles. The molecule has 2 N–H and O–H groups in total. The summed E-state index contributed by atoms with van der Waals surface area (Å²) in [5, 5.41) is 9.09. The Balaban J connectivity index is 1.91. The molecule has 0 aromatic carbocycles. The quantitative estimate of drug-likeness (QED) is 0.814. The Morgan fingerprint density at radius 1 is 1.16 bits per heavy atom. The predicted molar refractivity (Wildman–Crippen MR) is 74.9 cm³/mol. The molecule has 5 nitrogen and oxygen atoms in total. The molecule has 0 bridgehead atoms. The minimum atomic E-state index is -3.35. The lowest BCUT2D eigenvalue weighted by Gasteiger charge is -2.34.